The molecule has 0 N–H and O–H groups in total. The van der Waals surface area contributed by atoms with Crippen LogP contribution in [0.3, 0.4) is 0 Å². The quantitative estimate of drug-likeness (QED) is 0.511. The zero-order valence-electron chi connectivity index (χ0n) is 7.16. The van der Waals surface area contributed by atoms with E-state index >= 15 is 0 Å². The van der Waals surface area contributed by atoms with Gasteiger partial charge < -0.3 is 9.47 Å². The molecule has 0 amide bonds. The van der Waals surface area contributed by atoms with E-state index in [1.807, 2.05) is 0 Å². The van der Waals surface area contributed by atoms with Crippen LogP contribution in [-0.4, -0.2) is 31.9 Å². The van der Waals surface area contributed by atoms with Gasteiger partial charge in [0.1, 0.15) is 4.91 Å². The van der Waals surface area contributed by atoms with Crippen molar-refractivity contribution in [1.29, 1.82) is 0 Å². The molecule has 0 radical (unpaired) electrons. The van der Waals surface area contributed by atoms with Crippen molar-refractivity contribution in [1.82, 2.24) is 0 Å². The van der Waals surface area contributed by atoms with Crippen molar-refractivity contribution in [3.8, 4) is 0 Å². The average Bonchev–Trinajstić information content (AvgIpc) is 2.63. The lowest BCUT2D eigenvalue weighted by molar-refractivity contribution is -0.138. The van der Waals surface area contributed by atoms with Gasteiger partial charge in [0.15, 0.2) is 0 Å². The van der Waals surface area contributed by atoms with Crippen LogP contribution in [0.5, 0.6) is 0 Å². The highest BCUT2D eigenvalue weighted by Crippen LogP contribution is 2.41. The minimum Gasteiger partial charge on any atom is -0.466 e. The van der Waals surface area contributed by atoms with Gasteiger partial charge in [-0.15, -0.1) is 0 Å². The van der Waals surface area contributed by atoms with E-state index in [1.165, 1.54) is 35.8 Å². The van der Waals surface area contributed by atoms with Crippen molar-refractivity contribution in [3.63, 3.8) is 0 Å². The first-order valence-electron chi connectivity index (χ1n) is 3.40. The number of rotatable bonds is 2. The molecule has 0 saturated carbocycles. The van der Waals surface area contributed by atoms with Crippen LogP contribution in [0.25, 0.3) is 0 Å². The van der Waals surface area contributed by atoms with Gasteiger partial charge in [-0.2, -0.15) is 0 Å². The first-order valence-corrected chi connectivity index (χ1v) is 5.71. The van der Waals surface area contributed by atoms with E-state index in [0.717, 1.165) is 0 Å². The average molecular weight is 220 g/mol. The largest absolute Gasteiger partial charge is 0.466 e. The molecule has 72 valence electrons. The first-order chi connectivity index (χ1) is 6.20. The summed E-state index contributed by atoms with van der Waals surface area (Å²) in [4.78, 5) is 22.6. The molecule has 1 rings (SSSR count). The van der Waals surface area contributed by atoms with E-state index in [2.05, 4.69) is 9.47 Å². The summed E-state index contributed by atoms with van der Waals surface area (Å²) in [6, 6.07) is 0. The Hall–Kier alpha value is -0.620. The van der Waals surface area contributed by atoms with Gasteiger partial charge in [-0.05, 0) is 10.8 Å². The number of ether oxygens (including phenoxy) is 2. The Kier molecular flexibility index (Phi) is 3.68. The standard InChI is InChI=1S/C7H8O4S2/c1-10-6(8)4-3-12-13-5(4)7(9)11-2/h3H2,1-2H3. The Morgan fingerprint density at radius 3 is 2.38 bits per heavy atom. The molecule has 4 nitrogen and oxygen atoms in total. The monoisotopic (exact) mass is 220 g/mol. The van der Waals surface area contributed by atoms with Crippen LogP contribution >= 0.6 is 21.6 Å². The zero-order valence-corrected chi connectivity index (χ0v) is 8.79. The van der Waals surface area contributed by atoms with Gasteiger partial charge in [-0.25, -0.2) is 9.59 Å². The molecule has 0 bridgehead atoms. The maximum atomic E-state index is 11.1. The molecular formula is C7H8O4S2. The molecule has 1 aliphatic heterocycles. The molecule has 0 aliphatic carbocycles. The Bertz CT molecular complexity index is 246. The highest BCUT2D eigenvalue weighted by molar-refractivity contribution is 8.78. The smallest absolute Gasteiger partial charge is 0.345 e. The molecule has 1 aliphatic rings. The van der Waals surface area contributed by atoms with Gasteiger partial charge in [0.2, 0.25) is 0 Å². The summed E-state index contributed by atoms with van der Waals surface area (Å²) < 4.78 is 9.05. The van der Waals surface area contributed by atoms with Crippen molar-refractivity contribution in [2.45, 2.75) is 0 Å². The molecule has 0 atom stereocenters. The van der Waals surface area contributed by atoms with Crippen molar-refractivity contribution in [2.75, 3.05) is 20.0 Å². The fourth-order valence-corrected chi connectivity index (χ4v) is 3.23. The van der Waals surface area contributed by atoms with Crippen LogP contribution in [0.1, 0.15) is 0 Å². The normalized spacial score (nSPS) is 15.8. The third-order valence-corrected chi connectivity index (χ3v) is 3.73. The van der Waals surface area contributed by atoms with Crippen molar-refractivity contribution in [3.05, 3.63) is 10.5 Å². The number of carbonyl (C=O) groups excluding carboxylic acids is 2. The third-order valence-electron chi connectivity index (χ3n) is 1.42. The highest BCUT2D eigenvalue weighted by Gasteiger charge is 2.28. The van der Waals surface area contributed by atoms with Crippen molar-refractivity contribution in [2.24, 2.45) is 0 Å². The predicted molar refractivity (Wildman–Crippen MR) is 51.1 cm³/mol. The topological polar surface area (TPSA) is 52.6 Å². The van der Waals surface area contributed by atoms with E-state index in [4.69, 9.17) is 0 Å². The van der Waals surface area contributed by atoms with E-state index in [0.29, 0.717) is 16.2 Å². The number of esters is 2. The molecule has 0 unspecified atom stereocenters. The molecule has 0 aromatic carbocycles. The predicted octanol–water partition coefficient (Wildman–Crippen LogP) is 0.981. The molecular weight excluding hydrogens is 212 g/mol. The van der Waals surface area contributed by atoms with E-state index in [-0.39, 0.29) is 0 Å². The molecule has 1 heterocycles. The van der Waals surface area contributed by atoms with Crippen LogP contribution in [0, 0.1) is 0 Å². The Balaban J connectivity index is 2.89. The Labute approximate surface area is 83.4 Å². The SMILES string of the molecule is COC(=O)C1=C(C(=O)OC)SSC1. The Morgan fingerprint density at radius 1 is 1.23 bits per heavy atom. The maximum Gasteiger partial charge on any atom is 0.345 e. The minimum atomic E-state index is -0.476. The van der Waals surface area contributed by atoms with Gasteiger partial charge in [0, 0.05) is 5.75 Å². The summed E-state index contributed by atoms with van der Waals surface area (Å²) in [7, 11) is 5.24. The second kappa shape index (κ2) is 4.57. The van der Waals surface area contributed by atoms with Gasteiger partial charge in [0.25, 0.3) is 0 Å². The lowest BCUT2D eigenvalue weighted by Gasteiger charge is -2.01. The van der Waals surface area contributed by atoms with E-state index in [1.54, 1.807) is 0 Å². The zero-order chi connectivity index (χ0) is 9.84. The summed E-state index contributed by atoms with van der Waals surface area (Å²) >= 11 is 0. The third kappa shape index (κ3) is 2.19. The number of carbonyl (C=O) groups is 2. The van der Waals surface area contributed by atoms with Gasteiger partial charge >= 0.3 is 11.9 Å². The van der Waals surface area contributed by atoms with Gasteiger partial charge in [-0.1, -0.05) is 10.8 Å². The molecule has 0 spiro atoms. The van der Waals surface area contributed by atoms with Crippen LogP contribution in [0.4, 0.5) is 0 Å². The van der Waals surface area contributed by atoms with Gasteiger partial charge in [0.05, 0.1) is 19.8 Å². The molecule has 13 heavy (non-hydrogen) atoms. The van der Waals surface area contributed by atoms with Crippen LogP contribution < -0.4 is 0 Å². The fourth-order valence-electron chi connectivity index (χ4n) is 0.788. The maximum absolute atomic E-state index is 11.1. The van der Waals surface area contributed by atoms with Crippen LogP contribution in [-0.2, 0) is 19.1 Å². The van der Waals surface area contributed by atoms with Gasteiger partial charge in [-0.3, -0.25) is 0 Å². The minimum absolute atomic E-state index is 0.347. The molecule has 0 fully saturated rings. The summed E-state index contributed by atoms with van der Waals surface area (Å²) in [6.07, 6.45) is 0. The molecule has 0 aromatic heterocycles. The summed E-state index contributed by atoms with van der Waals surface area (Å²) in [5.41, 5.74) is 0.393. The van der Waals surface area contributed by atoms with E-state index < -0.39 is 11.9 Å². The second-order valence-electron chi connectivity index (χ2n) is 2.14. The number of hydrogen-bond donors (Lipinski definition) is 0. The fraction of sp³-hybridized carbons (Fsp3) is 0.429. The van der Waals surface area contributed by atoms with Crippen LogP contribution in [0.2, 0.25) is 0 Å². The lowest BCUT2D eigenvalue weighted by Crippen LogP contribution is -2.11. The lowest BCUT2D eigenvalue weighted by atomic mass is 10.3. The van der Waals surface area contributed by atoms with Crippen molar-refractivity contribution >= 4 is 33.5 Å². The Morgan fingerprint density at radius 2 is 1.85 bits per heavy atom. The van der Waals surface area contributed by atoms with Crippen molar-refractivity contribution < 1.29 is 19.1 Å². The first kappa shape index (κ1) is 10.5. The number of hydrogen-bond acceptors (Lipinski definition) is 6. The second-order valence-corrected chi connectivity index (χ2v) is 4.44. The summed E-state index contributed by atoms with van der Waals surface area (Å²) in [5.74, 6) is -0.449. The molecule has 6 heteroatoms. The van der Waals surface area contributed by atoms with Crippen LogP contribution in [0.15, 0.2) is 10.5 Å². The summed E-state index contributed by atoms with van der Waals surface area (Å²) in [6.45, 7) is 0. The molecule has 0 aromatic rings. The summed E-state index contributed by atoms with van der Waals surface area (Å²) in [5, 5.41) is 0. The molecule has 0 saturated heterocycles. The van der Waals surface area contributed by atoms with E-state index in [9.17, 15) is 9.59 Å². The number of methoxy groups -OCH3 is 2. The highest BCUT2D eigenvalue weighted by atomic mass is 33.1.